The molecular formula is C15H18N4O4. The number of aliphatic hydroxyl groups is 2. The third kappa shape index (κ3) is 5.20. The van der Waals surface area contributed by atoms with E-state index < -0.39 is 18.3 Å². The number of amides is 1. The second-order valence-electron chi connectivity index (χ2n) is 4.83. The maximum absolute atomic E-state index is 11.6. The van der Waals surface area contributed by atoms with Crippen molar-refractivity contribution in [1.82, 2.24) is 15.3 Å². The highest BCUT2D eigenvalue weighted by atomic mass is 16.5. The number of aliphatic hydroxyl groups excluding tert-OH is 2. The zero-order valence-corrected chi connectivity index (χ0v) is 12.3. The Hall–Kier alpha value is -2.71. The molecule has 0 saturated carbocycles. The van der Waals surface area contributed by atoms with Crippen LogP contribution in [0.15, 0.2) is 42.7 Å². The van der Waals surface area contributed by atoms with E-state index in [0.717, 1.165) is 5.56 Å². The molecule has 8 nitrogen and oxygen atoms in total. The number of hydrogen-bond donors (Lipinski definition) is 4. The van der Waals surface area contributed by atoms with Gasteiger partial charge in [0.15, 0.2) is 0 Å². The Morgan fingerprint density at radius 3 is 2.52 bits per heavy atom. The predicted molar refractivity (Wildman–Crippen MR) is 82.0 cm³/mol. The minimum absolute atomic E-state index is 0.0676. The second kappa shape index (κ2) is 8.06. The molecule has 122 valence electrons. The summed E-state index contributed by atoms with van der Waals surface area (Å²) in [7, 11) is 0. The molecule has 2 rings (SSSR count). The first-order chi connectivity index (χ1) is 11.1. The van der Waals surface area contributed by atoms with Gasteiger partial charge in [-0.1, -0.05) is 30.3 Å². The van der Waals surface area contributed by atoms with Crippen LogP contribution in [0.1, 0.15) is 17.2 Å². The molecule has 0 aliphatic rings. The number of anilines is 1. The molecule has 1 heterocycles. The van der Waals surface area contributed by atoms with E-state index >= 15 is 0 Å². The summed E-state index contributed by atoms with van der Waals surface area (Å²) < 4.78 is 5.00. The Labute approximate surface area is 133 Å². The van der Waals surface area contributed by atoms with Crippen molar-refractivity contribution in [2.24, 2.45) is 0 Å². The molecule has 2 atom stereocenters. The quantitative estimate of drug-likeness (QED) is 0.605. The van der Waals surface area contributed by atoms with E-state index in [-0.39, 0.29) is 19.1 Å². The third-order valence-electron chi connectivity index (χ3n) is 3.07. The van der Waals surface area contributed by atoms with Crippen LogP contribution in [0, 0.1) is 0 Å². The van der Waals surface area contributed by atoms with Gasteiger partial charge in [0.05, 0.1) is 0 Å². The van der Waals surface area contributed by atoms with E-state index in [1.807, 2.05) is 30.3 Å². The van der Waals surface area contributed by atoms with Crippen molar-refractivity contribution < 1.29 is 19.7 Å². The van der Waals surface area contributed by atoms with Crippen LogP contribution < -0.4 is 11.1 Å². The van der Waals surface area contributed by atoms with Gasteiger partial charge in [-0.2, -0.15) is 0 Å². The number of nitrogens with one attached hydrogen (secondary N) is 1. The lowest BCUT2D eigenvalue weighted by atomic mass is 10.1. The highest BCUT2D eigenvalue weighted by molar-refractivity contribution is 5.67. The molecule has 0 radical (unpaired) electrons. The number of nitrogen functional groups attached to an aromatic ring is 1. The fourth-order valence-electron chi connectivity index (χ4n) is 1.80. The smallest absolute Gasteiger partial charge is 0.407 e. The van der Waals surface area contributed by atoms with Gasteiger partial charge in [0.1, 0.15) is 18.8 Å². The number of carbonyl (C=O) groups is 1. The van der Waals surface area contributed by atoms with Gasteiger partial charge in [-0.05, 0) is 5.56 Å². The van der Waals surface area contributed by atoms with E-state index in [0.29, 0.717) is 5.56 Å². The van der Waals surface area contributed by atoms with Crippen molar-refractivity contribution >= 4 is 12.0 Å². The fourth-order valence-corrected chi connectivity index (χ4v) is 1.80. The molecule has 0 fully saturated rings. The fraction of sp³-hybridized carbons (Fsp3) is 0.267. The van der Waals surface area contributed by atoms with Crippen LogP contribution in [-0.4, -0.2) is 38.9 Å². The van der Waals surface area contributed by atoms with Gasteiger partial charge >= 0.3 is 6.09 Å². The molecule has 0 aliphatic heterocycles. The summed E-state index contributed by atoms with van der Waals surface area (Å²) in [5.74, 6) is 0.0676. The normalized spacial score (nSPS) is 13.1. The van der Waals surface area contributed by atoms with Gasteiger partial charge in [-0.3, -0.25) is 0 Å². The second-order valence-corrected chi connectivity index (χ2v) is 4.83. The summed E-state index contributed by atoms with van der Waals surface area (Å²) in [5.41, 5.74) is 6.49. The molecule has 2 aromatic rings. The zero-order chi connectivity index (χ0) is 16.7. The third-order valence-corrected chi connectivity index (χ3v) is 3.07. The van der Waals surface area contributed by atoms with Gasteiger partial charge in [0, 0.05) is 24.5 Å². The van der Waals surface area contributed by atoms with Crippen LogP contribution in [0.25, 0.3) is 0 Å². The highest BCUT2D eigenvalue weighted by Crippen LogP contribution is 2.14. The first-order valence-electron chi connectivity index (χ1n) is 6.94. The molecule has 1 aromatic heterocycles. The van der Waals surface area contributed by atoms with Crippen molar-refractivity contribution in [3.8, 4) is 0 Å². The van der Waals surface area contributed by atoms with Crippen molar-refractivity contribution in [2.45, 2.75) is 18.8 Å². The molecule has 8 heteroatoms. The largest absolute Gasteiger partial charge is 0.445 e. The number of nitrogens with two attached hydrogens (primary N) is 1. The molecular weight excluding hydrogens is 300 g/mol. The molecule has 23 heavy (non-hydrogen) atoms. The molecule has 2 unspecified atom stereocenters. The van der Waals surface area contributed by atoms with Crippen LogP contribution in [0.2, 0.25) is 0 Å². The maximum atomic E-state index is 11.6. The maximum Gasteiger partial charge on any atom is 0.407 e. The summed E-state index contributed by atoms with van der Waals surface area (Å²) in [6.45, 7) is -0.0592. The van der Waals surface area contributed by atoms with Gasteiger partial charge < -0.3 is 26.0 Å². The monoisotopic (exact) mass is 318 g/mol. The molecule has 0 aliphatic carbocycles. The summed E-state index contributed by atoms with van der Waals surface area (Å²) in [6, 6.07) is 9.19. The summed E-state index contributed by atoms with van der Waals surface area (Å²) >= 11 is 0. The SMILES string of the molecule is Nc1ncc(C(O)C(O)CNC(=O)OCc2ccccc2)cn1. The lowest BCUT2D eigenvalue weighted by Gasteiger charge is -2.18. The number of ether oxygens (including phenoxy) is 1. The average Bonchev–Trinajstić information content (AvgIpc) is 2.58. The zero-order valence-electron chi connectivity index (χ0n) is 12.3. The summed E-state index contributed by atoms with van der Waals surface area (Å²) in [5, 5.41) is 22.2. The number of benzene rings is 1. The first kappa shape index (κ1) is 16.7. The molecule has 0 bridgehead atoms. The van der Waals surface area contributed by atoms with Crippen LogP contribution in [0.5, 0.6) is 0 Å². The van der Waals surface area contributed by atoms with Gasteiger partial charge in [0.2, 0.25) is 5.95 Å². The lowest BCUT2D eigenvalue weighted by molar-refractivity contribution is 0.0180. The molecule has 0 spiro atoms. The Bertz CT molecular complexity index is 621. The van der Waals surface area contributed by atoms with E-state index in [1.54, 1.807) is 0 Å². The minimum atomic E-state index is -1.25. The van der Waals surface area contributed by atoms with E-state index in [2.05, 4.69) is 15.3 Å². The van der Waals surface area contributed by atoms with Crippen LogP contribution in [-0.2, 0) is 11.3 Å². The molecule has 5 N–H and O–H groups in total. The van der Waals surface area contributed by atoms with Crippen LogP contribution >= 0.6 is 0 Å². The number of rotatable bonds is 6. The predicted octanol–water partition coefficient (Wildman–Crippen LogP) is 0.379. The van der Waals surface area contributed by atoms with Crippen LogP contribution in [0.3, 0.4) is 0 Å². The molecule has 1 aromatic carbocycles. The number of aromatic nitrogens is 2. The van der Waals surface area contributed by atoms with Gasteiger partial charge in [0.25, 0.3) is 0 Å². The van der Waals surface area contributed by atoms with Crippen molar-refractivity contribution in [2.75, 3.05) is 12.3 Å². The van der Waals surface area contributed by atoms with E-state index in [9.17, 15) is 15.0 Å². The summed E-state index contributed by atoms with van der Waals surface area (Å²) in [6.07, 6.45) is -0.543. The molecule has 1 amide bonds. The minimum Gasteiger partial charge on any atom is -0.445 e. The summed E-state index contributed by atoms with van der Waals surface area (Å²) in [4.78, 5) is 19.0. The Balaban J connectivity index is 1.75. The van der Waals surface area contributed by atoms with Crippen molar-refractivity contribution in [1.29, 1.82) is 0 Å². The average molecular weight is 318 g/mol. The Morgan fingerprint density at radius 2 is 1.87 bits per heavy atom. The molecule has 0 saturated heterocycles. The van der Waals surface area contributed by atoms with E-state index in [1.165, 1.54) is 12.4 Å². The number of nitrogens with zero attached hydrogens (tertiary/aromatic N) is 2. The Morgan fingerprint density at radius 1 is 1.22 bits per heavy atom. The number of hydrogen-bond acceptors (Lipinski definition) is 7. The lowest BCUT2D eigenvalue weighted by Crippen LogP contribution is -2.35. The van der Waals surface area contributed by atoms with Crippen molar-refractivity contribution in [3.63, 3.8) is 0 Å². The highest BCUT2D eigenvalue weighted by Gasteiger charge is 2.20. The number of carbonyl (C=O) groups excluding carboxylic acids is 1. The van der Waals surface area contributed by atoms with Gasteiger partial charge in [-0.25, -0.2) is 14.8 Å². The first-order valence-corrected chi connectivity index (χ1v) is 6.94. The number of alkyl carbamates (subject to hydrolysis) is 1. The van der Waals surface area contributed by atoms with E-state index in [4.69, 9.17) is 10.5 Å². The van der Waals surface area contributed by atoms with Crippen LogP contribution in [0.4, 0.5) is 10.7 Å². The van der Waals surface area contributed by atoms with Gasteiger partial charge in [-0.15, -0.1) is 0 Å². The Kier molecular flexibility index (Phi) is 5.84. The van der Waals surface area contributed by atoms with Crippen molar-refractivity contribution in [3.05, 3.63) is 53.9 Å². The standard InChI is InChI=1S/C15H18N4O4/c16-14-17-6-11(7-18-14)13(21)12(20)8-19-15(22)23-9-10-4-2-1-3-5-10/h1-7,12-13,20-21H,8-9H2,(H,19,22)(H2,16,17,18). The topological polar surface area (TPSA) is 131 Å².